The van der Waals surface area contributed by atoms with Gasteiger partial charge in [-0.1, -0.05) is 384 Å². The van der Waals surface area contributed by atoms with Crippen molar-refractivity contribution in [1.82, 2.24) is 5.32 Å². The van der Waals surface area contributed by atoms with Gasteiger partial charge in [-0.3, -0.25) is 9.59 Å². The van der Waals surface area contributed by atoms with Crippen molar-refractivity contribution in [1.29, 1.82) is 0 Å². The minimum atomic E-state index is -1.57. The lowest BCUT2D eigenvalue weighted by Crippen LogP contribution is -2.60. The molecule has 0 aliphatic carbocycles. The van der Waals surface area contributed by atoms with Crippen LogP contribution in [-0.4, -0.2) is 100 Å². The van der Waals surface area contributed by atoms with Crippen molar-refractivity contribution in [2.75, 3.05) is 19.8 Å². The number of aliphatic hydroxyl groups excluding tert-OH is 5. The van der Waals surface area contributed by atoms with Gasteiger partial charge in [0, 0.05) is 12.8 Å². The monoisotopic (exact) mass is 1340 g/mol. The quantitative estimate of drug-likeness (QED) is 0.0195. The molecule has 7 unspecified atom stereocenters. The fourth-order valence-corrected chi connectivity index (χ4v) is 13.5. The summed E-state index contributed by atoms with van der Waals surface area (Å²) in [5.41, 5.74) is 0. The Morgan fingerprint density at radius 3 is 1.07 bits per heavy atom. The van der Waals surface area contributed by atoms with Gasteiger partial charge in [-0.15, -0.1) is 0 Å². The van der Waals surface area contributed by atoms with Crippen molar-refractivity contribution in [3.05, 3.63) is 36.5 Å². The summed E-state index contributed by atoms with van der Waals surface area (Å²) in [6.45, 7) is 4.37. The van der Waals surface area contributed by atoms with Gasteiger partial charge >= 0.3 is 5.97 Å². The Hall–Kier alpha value is -2.12. The molecular formula is C84H159NO10. The number of aliphatic hydroxyl groups is 5. The number of carbonyl (C=O) groups excluding carboxylic acids is 2. The molecule has 1 fully saturated rings. The predicted octanol–water partition coefficient (Wildman–Crippen LogP) is 22.9. The minimum Gasteiger partial charge on any atom is -0.466 e. The van der Waals surface area contributed by atoms with Crippen molar-refractivity contribution < 1.29 is 49.3 Å². The normalized spacial score (nSPS) is 17.5. The van der Waals surface area contributed by atoms with Crippen molar-refractivity contribution in [2.24, 2.45) is 0 Å². The molecule has 560 valence electrons. The Labute approximate surface area is 587 Å². The number of carbonyl (C=O) groups is 2. The van der Waals surface area contributed by atoms with E-state index in [9.17, 15) is 35.1 Å². The van der Waals surface area contributed by atoms with Crippen LogP contribution in [-0.2, 0) is 23.8 Å². The number of hydrogen-bond acceptors (Lipinski definition) is 10. The second-order valence-electron chi connectivity index (χ2n) is 29.2. The lowest BCUT2D eigenvalue weighted by Gasteiger charge is -2.40. The van der Waals surface area contributed by atoms with E-state index in [0.717, 1.165) is 64.2 Å². The summed E-state index contributed by atoms with van der Waals surface area (Å²) in [4.78, 5) is 25.2. The van der Waals surface area contributed by atoms with Crippen LogP contribution in [0.4, 0.5) is 0 Å². The van der Waals surface area contributed by atoms with Crippen LogP contribution in [0.5, 0.6) is 0 Å². The number of allylic oxidation sites excluding steroid dienone is 5. The zero-order valence-corrected chi connectivity index (χ0v) is 62.7. The highest BCUT2D eigenvalue weighted by Gasteiger charge is 2.44. The van der Waals surface area contributed by atoms with E-state index < -0.39 is 49.5 Å². The molecule has 0 saturated carbocycles. The van der Waals surface area contributed by atoms with E-state index >= 15 is 0 Å². The maximum atomic E-state index is 13.1. The Balaban J connectivity index is 1.85. The predicted molar refractivity (Wildman–Crippen MR) is 403 cm³/mol. The zero-order valence-electron chi connectivity index (χ0n) is 62.7. The standard InChI is InChI=1S/C84H159NO10/c1-3-5-7-9-11-13-15-17-18-45-48-52-56-60-64-68-72-80(89)93-73-69-65-61-57-53-49-46-43-41-39-37-35-33-31-29-27-25-23-21-19-20-22-24-26-28-30-32-34-36-38-40-42-44-47-51-55-59-63-67-71-79(88)85-76(75-94-84-83(92)82(91)81(90)78(74-86)95-84)77(87)70-66-62-58-54-50-16-14-12-10-8-6-4-2/h13,15,18,45,66,70,76-78,81-84,86-87,90-92H,3-12,14,16-17,19-44,46-65,67-69,71-75H2,1-2H3,(H,85,88)/b15-13-,45-18-,70-66+. The average Bonchev–Trinajstić information content (AvgIpc) is 0.883. The highest BCUT2D eigenvalue weighted by molar-refractivity contribution is 5.76. The summed E-state index contributed by atoms with van der Waals surface area (Å²) in [6.07, 6.45) is 86.3. The van der Waals surface area contributed by atoms with Crippen molar-refractivity contribution in [3.8, 4) is 0 Å². The second-order valence-corrected chi connectivity index (χ2v) is 29.2. The summed E-state index contributed by atoms with van der Waals surface area (Å²) >= 11 is 0. The van der Waals surface area contributed by atoms with Crippen LogP contribution in [0.1, 0.15) is 425 Å². The van der Waals surface area contributed by atoms with E-state index in [1.54, 1.807) is 6.08 Å². The molecule has 11 nitrogen and oxygen atoms in total. The first kappa shape index (κ1) is 90.9. The summed E-state index contributed by atoms with van der Waals surface area (Å²) in [7, 11) is 0. The lowest BCUT2D eigenvalue weighted by molar-refractivity contribution is -0.302. The minimum absolute atomic E-state index is 0.00547. The third-order valence-electron chi connectivity index (χ3n) is 20.0. The van der Waals surface area contributed by atoms with Crippen LogP contribution in [0.15, 0.2) is 36.5 Å². The average molecular weight is 1340 g/mol. The number of rotatable bonds is 75. The van der Waals surface area contributed by atoms with Crippen LogP contribution in [0.2, 0.25) is 0 Å². The van der Waals surface area contributed by atoms with Gasteiger partial charge in [0.1, 0.15) is 24.4 Å². The Bertz CT molecular complexity index is 1670. The van der Waals surface area contributed by atoms with Crippen LogP contribution in [0, 0.1) is 0 Å². The first-order valence-corrected chi connectivity index (χ1v) is 41.8. The number of ether oxygens (including phenoxy) is 3. The summed E-state index contributed by atoms with van der Waals surface area (Å²) in [5.74, 6) is -0.168. The van der Waals surface area contributed by atoms with Gasteiger partial charge in [0.15, 0.2) is 6.29 Å². The lowest BCUT2D eigenvalue weighted by atomic mass is 9.99. The summed E-state index contributed by atoms with van der Waals surface area (Å²) < 4.78 is 16.8. The molecule has 11 heteroatoms. The van der Waals surface area contributed by atoms with E-state index in [-0.39, 0.29) is 18.5 Å². The molecule has 1 rings (SSSR count). The van der Waals surface area contributed by atoms with Crippen molar-refractivity contribution in [2.45, 2.75) is 468 Å². The third-order valence-corrected chi connectivity index (χ3v) is 20.0. The van der Waals surface area contributed by atoms with Gasteiger partial charge in [0.2, 0.25) is 5.91 Å². The fourth-order valence-electron chi connectivity index (χ4n) is 13.5. The zero-order chi connectivity index (χ0) is 68.6. The number of unbranched alkanes of at least 4 members (excludes halogenated alkanes) is 57. The van der Waals surface area contributed by atoms with E-state index in [4.69, 9.17) is 14.2 Å². The molecular weight excluding hydrogens is 1180 g/mol. The largest absolute Gasteiger partial charge is 0.466 e. The summed E-state index contributed by atoms with van der Waals surface area (Å²) in [6, 6.07) is -0.805. The van der Waals surface area contributed by atoms with Gasteiger partial charge < -0.3 is 45.1 Å². The molecule has 0 aromatic rings. The highest BCUT2D eigenvalue weighted by Crippen LogP contribution is 2.24. The first-order chi connectivity index (χ1) is 46.7. The topological polar surface area (TPSA) is 175 Å². The van der Waals surface area contributed by atoms with E-state index in [1.165, 1.54) is 334 Å². The van der Waals surface area contributed by atoms with Gasteiger partial charge in [-0.05, 0) is 64.2 Å². The Morgan fingerprint density at radius 2 is 0.705 bits per heavy atom. The smallest absolute Gasteiger partial charge is 0.305 e. The third kappa shape index (κ3) is 61.5. The molecule has 1 saturated heterocycles. The fraction of sp³-hybridized carbons (Fsp3) is 0.905. The highest BCUT2D eigenvalue weighted by atomic mass is 16.7. The maximum absolute atomic E-state index is 13.1. The molecule has 0 aromatic heterocycles. The molecule has 95 heavy (non-hydrogen) atoms. The van der Waals surface area contributed by atoms with Gasteiger partial charge in [0.05, 0.1) is 32.0 Å². The van der Waals surface area contributed by atoms with E-state index in [0.29, 0.717) is 19.4 Å². The van der Waals surface area contributed by atoms with Crippen molar-refractivity contribution >= 4 is 11.9 Å². The number of hydrogen-bond donors (Lipinski definition) is 6. The molecule has 0 aromatic carbocycles. The van der Waals surface area contributed by atoms with Gasteiger partial charge in [-0.2, -0.15) is 0 Å². The van der Waals surface area contributed by atoms with Crippen molar-refractivity contribution in [3.63, 3.8) is 0 Å². The number of nitrogens with one attached hydrogen (secondary N) is 1. The molecule has 0 radical (unpaired) electrons. The van der Waals surface area contributed by atoms with Crippen LogP contribution in [0.3, 0.4) is 0 Å². The summed E-state index contributed by atoms with van der Waals surface area (Å²) in [5, 5.41) is 54.6. The molecule has 1 aliphatic rings. The molecule has 0 spiro atoms. The van der Waals surface area contributed by atoms with Crippen LogP contribution < -0.4 is 5.32 Å². The van der Waals surface area contributed by atoms with E-state index in [1.807, 2.05) is 6.08 Å². The maximum Gasteiger partial charge on any atom is 0.305 e. The Kier molecular flexibility index (Phi) is 69.9. The molecule has 1 aliphatic heterocycles. The molecule has 0 bridgehead atoms. The molecule has 1 heterocycles. The number of amides is 1. The van der Waals surface area contributed by atoms with Crippen LogP contribution >= 0.6 is 0 Å². The SMILES string of the molecule is CCCCCC/C=C\C/C=C\CCCCCCCC(=O)OCCCCCCCCCCCCCCCCCCCCCCCCCCCCCCCCCCCCCCCCCC(=O)NC(COC1OC(CO)C(O)C(O)C1O)C(O)/C=C/CCCCCCCCCCCC. The van der Waals surface area contributed by atoms with E-state index in [2.05, 4.69) is 43.5 Å². The first-order valence-electron chi connectivity index (χ1n) is 41.8. The van der Waals surface area contributed by atoms with Crippen LogP contribution in [0.25, 0.3) is 0 Å². The molecule has 7 atom stereocenters. The molecule has 6 N–H and O–H groups in total. The second kappa shape index (κ2) is 73.1. The molecule has 1 amide bonds. The Morgan fingerprint density at radius 1 is 0.389 bits per heavy atom. The van der Waals surface area contributed by atoms with Gasteiger partial charge in [-0.25, -0.2) is 0 Å². The van der Waals surface area contributed by atoms with Gasteiger partial charge in [0.25, 0.3) is 0 Å². The number of esters is 1.